The minimum absolute atomic E-state index is 0.197. The summed E-state index contributed by atoms with van der Waals surface area (Å²) < 4.78 is 5.38. The van der Waals surface area contributed by atoms with Crippen molar-refractivity contribution in [3.8, 4) is 5.75 Å². The highest BCUT2D eigenvalue weighted by Crippen LogP contribution is 2.23. The zero-order valence-electron chi connectivity index (χ0n) is 10.8. The van der Waals surface area contributed by atoms with Crippen LogP contribution in [0.5, 0.6) is 5.75 Å². The Bertz CT molecular complexity index is 485. The standard InChI is InChI=1S/C15H18N2O/c1-16-14(13-8-5-6-10-17-13)11-12-7-3-4-9-15(12)18-2/h3-10,14,16H,11H2,1-2H3. The van der Waals surface area contributed by atoms with Gasteiger partial charge in [-0.05, 0) is 37.2 Å². The number of aromatic nitrogens is 1. The number of nitrogens with zero attached hydrogens (tertiary/aromatic N) is 1. The van der Waals surface area contributed by atoms with Crippen LogP contribution < -0.4 is 10.1 Å². The molecule has 1 aromatic heterocycles. The molecule has 0 saturated carbocycles. The van der Waals surface area contributed by atoms with Gasteiger partial charge in [0.25, 0.3) is 0 Å². The van der Waals surface area contributed by atoms with Crippen molar-refractivity contribution in [3.05, 3.63) is 59.9 Å². The van der Waals surface area contributed by atoms with Gasteiger partial charge >= 0.3 is 0 Å². The second-order valence-corrected chi connectivity index (χ2v) is 4.11. The molecule has 0 aliphatic carbocycles. The number of methoxy groups -OCH3 is 1. The molecule has 1 unspecified atom stereocenters. The van der Waals surface area contributed by atoms with Gasteiger partial charge in [-0.15, -0.1) is 0 Å². The molecule has 3 nitrogen and oxygen atoms in total. The number of hydrogen-bond acceptors (Lipinski definition) is 3. The first-order valence-corrected chi connectivity index (χ1v) is 6.05. The van der Waals surface area contributed by atoms with E-state index in [0.717, 1.165) is 17.9 Å². The van der Waals surface area contributed by atoms with Crippen LogP contribution in [-0.2, 0) is 6.42 Å². The molecule has 0 aliphatic heterocycles. The van der Waals surface area contributed by atoms with Gasteiger partial charge in [-0.25, -0.2) is 0 Å². The lowest BCUT2D eigenvalue weighted by Gasteiger charge is -2.17. The van der Waals surface area contributed by atoms with E-state index in [1.165, 1.54) is 5.56 Å². The lowest BCUT2D eigenvalue weighted by atomic mass is 10.0. The van der Waals surface area contributed by atoms with Gasteiger partial charge in [0.15, 0.2) is 0 Å². The number of para-hydroxylation sites is 1. The largest absolute Gasteiger partial charge is 0.496 e. The van der Waals surface area contributed by atoms with Crippen LogP contribution in [0.2, 0.25) is 0 Å². The summed E-state index contributed by atoms with van der Waals surface area (Å²) in [6.07, 6.45) is 2.68. The van der Waals surface area contributed by atoms with E-state index in [9.17, 15) is 0 Å². The van der Waals surface area contributed by atoms with Crippen molar-refractivity contribution in [3.63, 3.8) is 0 Å². The maximum Gasteiger partial charge on any atom is 0.122 e. The summed E-state index contributed by atoms with van der Waals surface area (Å²) >= 11 is 0. The van der Waals surface area contributed by atoms with Gasteiger partial charge < -0.3 is 10.1 Å². The predicted octanol–water partition coefficient (Wildman–Crippen LogP) is 2.59. The summed E-state index contributed by atoms with van der Waals surface area (Å²) in [6, 6.07) is 14.3. The van der Waals surface area contributed by atoms with Crippen molar-refractivity contribution in [2.75, 3.05) is 14.2 Å². The van der Waals surface area contributed by atoms with Crippen molar-refractivity contribution in [2.24, 2.45) is 0 Å². The second kappa shape index (κ2) is 6.17. The summed E-state index contributed by atoms with van der Waals surface area (Å²) in [5, 5.41) is 3.30. The first kappa shape index (κ1) is 12.6. The molecule has 1 atom stereocenters. The fraction of sp³-hybridized carbons (Fsp3) is 0.267. The molecule has 0 bridgehead atoms. The first-order chi connectivity index (χ1) is 8.85. The Morgan fingerprint density at radius 3 is 2.61 bits per heavy atom. The fourth-order valence-electron chi connectivity index (χ4n) is 2.03. The van der Waals surface area contributed by atoms with E-state index in [1.807, 2.05) is 49.6 Å². The molecule has 0 amide bonds. The summed E-state index contributed by atoms with van der Waals surface area (Å²) in [6.45, 7) is 0. The number of nitrogens with one attached hydrogen (secondary N) is 1. The molecule has 3 heteroatoms. The number of ether oxygens (including phenoxy) is 1. The topological polar surface area (TPSA) is 34.1 Å². The van der Waals surface area contributed by atoms with Gasteiger partial charge in [0.05, 0.1) is 18.8 Å². The second-order valence-electron chi connectivity index (χ2n) is 4.11. The predicted molar refractivity (Wildman–Crippen MR) is 72.7 cm³/mol. The van der Waals surface area contributed by atoms with Crippen molar-refractivity contribution >= 4 is 0 Å². The Morgan fingerprint density at radius 2 is 1.94 bits per heavy atom. The zero-order valence-corrected chi connectivity index (χ0v) is 10.8. The molecular weight excluding hydrogens is 224 g/mol. The molecular formula is C15H18N2O. The van der Waals surface area contributed by atoms with E-state index in [-0.39, 0.29) is 6.04 Å². The Labute approximate surface area is 108 Å². The van der Waals surface area contributed by atoms with Gasteiger partial charge in [-0.3, -0.25) is 4.98 Å². The highest BCUT2D eigenvalue weighted by molar-refractivity contribution is 5.34. The summed E-state index contributed by atoms with van der Waals surface area (Å²) in [4.78, 5) is 4.40. The maximum atomic E-state index is 5.38. The molecule has 2 aromatic rings. The van der Waals surface area contributed by atoms with Crippen LogP contribution in [0.4, 0.5) is 0 Å². The number of hydrogen-bond donors (Lipinski definition) is 1. The van der Waals surface area contributed by atoms with Crippen LogP contribution in [-0.4, -0.2) is 19.1 Å². The monoisotopic (exact) mass is 242 g/mol. The summed E-state index contributed by atoms with van der Waals surface area (Å²) in [5.41, 5.74) is 2.23. The van der Waals surface area contributed by atoms with E-state index in [4.69, 9.17) is 4.74 Å². The lowest BCUT2D eigenvalue weighted by molar-refractivity contribution is 0.406. The fourth-order valence-corrected chi connectivity index (χ4v) is 2.03. The van der Waals surface area contributed by atoms with Crippen LogP contribution in [0.15, 0.2) is 48.7 Å². The molecule has 0 saturated heterocycles. The van der Waals surface area contributed by atoms with Crippen LogP contribution in [0.1, 0.15) is 17.3 Å². The SMILES string of the molecule is CNC(Cc1ccccc1OC)c1ccccn1. The molecule has 0 spiro atoms. The average Bonchev–Trinajstić information content (AvgIpc) is 2.46. The zero-order chi connectivity index (χ0) is 12.8. The lowest BCUT2D eigenvalue weighted by Crippen LogP contribution is -2.20. The third-order valence-electron chi connectivity index (χ3n) is 3.01. The van der Waals surface area contributed by atoms with E-state index in [2.05, 4.69) is 16.4 Å². The van der Waals surface area contributed by atoms with Crippen molar-refractivity contribution in [2.45, 2.75) is 12.5 Å². The number of rotatable bonds is 5. The van der Waals surface area contributed by atoms with Crippen LogP contribution in [0.25, 0.3) is 0 Å². The van der Waals surface area contributed by atoms with E-state index in [1.54, 1.807) is 7.11 Å². The van der Waals surface area contributed by atoms with Crippen molar-refractivity contribution < 1.29 is 4.74 Å². The summed E-state index contributed by atoms with van der Waals surface area (Å²) in [5.74, 6) is 0.925. The maximum absolute atomic E-state index is 5.38. The summed E-state index contributed by atoms with van der Waals surface area (Å²) in [7, 11) is 3.66. The minimum Gasteiger partial charge on any atom is -0.496 e. The number of likely N-dealkylation sites (N-methyl/N-ethyl adjacent to an activating group) is 1. The highest BCUT2D eigenvalue weighted by atomic mass is 16.5. The Kier molecular flexibility index (Phi) is 4.31. The normalized spacial score (nSPS) is 12.1. The smallest absolute Gasteiger partial charge is 0.122 e. The third kappa shape index (κ3) is 2.87. The molecule has 1 N–H and O–H groups in total. The van der Waals surface area contributed by atoms with Crippen LogP contribution in [0.3, 0.4) is 0 Å². The Morgan fingerprint density at radius 1 is 1.17 bits per heavy atom. The Balaban J connectivity index is 2.21. The number of pyridine rings is 1. The number of benzene rings is 1. The molecule has 94 valence electrons. The third-order valence-corrected chi connectivity index (χ3v) is 3.01. The van der Waals surface area contributed by atoms with Crippen molar-refractivity contribution in [1.29, 1.82) is 0 Å². The molecule has 1 heterocycles. The van der Waals surface area contributed by atoms with Gasteiger partial charge in [0.2, 0.25) is 0 Å². The molecule has 0 fully saturated rings. The molecule has 0 aliphatic rings. The van der Waals surface area contributed by atoms with E-state index in [0.29, 0.717) is 0 Å². The van der Waals surface area contributed by atoms with E-state index < -0.39 is 0 Å². The Hall–Kier alpha value is -1.87. The van der Waals surface area contributed by atoms with Gasteiger partial charge in [-0.2, -0.15) is 0 Å². The van der Waals surface area contributed by atoms with Crippen LogP contribution in [0, 0.1) is 0 Å². The van der Waals surface area contributed by atoms with Crippen LogP contribution >= 0.6 is 0 Å². The molecule has 0 radical (unpaired) electrons. The molecule has 1 aromatic carbocycles. The first-order valence-electron chi connectivity index (χ1n) is 6.05. The van der Waals surface area contributed by atoms with Crippen molar-refractivity contribution in [1.82, 2.24) is 10.3 Å². The minimum atomic E-state index is 0.197. The quantitative estimate of drug-likeness (QED) is 0.875. The average molecular weight is 242 g/mol. The van der Waals surface area contributed by atoms with E-state index >= 15 is 0 Å². The van der Waals surface area contributed by atoms with Gasteiger partial charge in [0.1, 0.15) is 5.75 Å². The molecule has 2 rings (SSSR count). The van der Waals surface area contributed by atoms with Gasteiger partial charge in [-0.1, -0.05) is 24.3 Å². The molecule has 18 heavy (non-hydrogen) atoms. The highest BCUT2D eigenvalue weighted by Gasteiger charge is 2.13. The van der Waals surface area contributed by atoms with Gasteiger partial charge in [0, 0.05) is 6.20 Å².